The maximum Gasteiger partial charge on any atom is 0.305 e. The monoisotopic (exact) mass is 692 g/mol. The molecular formula is C43H81NO5. The number of hydrogen-bond donors (Lipinski definition) is 1. The molecule has 0 bridgehead atoms. The van der Waals surface area contributed by atoms with Crippen LogP contribution in [0.4, 0.5) is 0 Å². The highest BCUT2D eigenvalue weighted by Gasteiger charge is 2.10. The summed E-state index contributed by atoms with van der Waals surface area (Å²) in [6.45, 7) is 11.7. The van der Waals surface area contributed by atoms with Gasteiger partial charge in [-0.05, 0) is 122 Å². The van der Waals surface area contributed by atoms with Gasteiger partial charge in [-0.25, -0.2) is 0 Å². The van der Waals surface area contributed by atoms with E-state index in [9.17, 15) is 9.90 Å². The van der Waals surface area contributed by atoms with Crippen LogP contribution in [-0.4, -0.2) is 68.3 Å². The van der Waals surface area contributed by atoms with Crippen LogP contribution in [0, 0.1) is 0 Å². The molecule has 0 spiro atoms. The first-order valence-electron chi connectivity index (χ1n) is 20.8. The Morgan fingerprint density at radius 2 is 1.06 bits per heavy atom. The molecule has 0 aromatic heterocycles. The van der Waals surface area contributed by atoms with Gasteiger partial charge in [-0.3, -0.25) is 4.79 Å². The van der Waals surface area contributed by atoms with E-state index in [4.69, 9.17) is 14.2 Å². The van der Waals surface area contributed by atoms with Crippen LogP contribution in [0.1, 0.15) is 181 Å². The highest BCUT2D eigenvalue weighted by atomic mass is 16.7. The number of hydrogen-bond acceptors (Lipinski definition) is 6. The summed E-state index contributed by atoms with van der Waals surface area (Å²) in [7, 11) is 0. The molecule has 0 atom stereocenters. The predicted molar refractivity (Wildman–Crippen MR) is 210 cm³/mol. The van der Waals surface area contributed by atoms with E-state index in [1.54, 1.807) is 0 Å². The standard InChI is InChI=1S/C43H81NO5/c1-4-7-10-13-16-17-25-30-39-47-42(46)33-26-20-22-29-36-44(37-38-45)35-28-21-18-19-27-34-43(48-40-31-23-14-11-8-5-2)49-41-32-24-15-12-9-6-3/h8-9,11-12,16-17,43,45H,4-7,10,13-15,18-41H2,1-3H3/b11-8-,12-9-,17-16-. The van der Waals surface area contributed by atoms with Crippen LogP contribution >= 0.6 is 0 Å². The van der Waals surface area contributed by atoms with Gasteiger partial charge in [-0.15, -0.1) is 0 Å². The van der Waals surface area contributed by atoms with Gasteiger partial charge < -0.3 is 24.2 Å². The zero-order valence-electron chi connectivity index (χ0n) is 32.7. The van der Waals surface area contributed by atoms with Gasteiger partial charge in [0.05, 0.1) is 13.2 Å². The van der Waals surface area contributed by atoms with Crippen molar-refractivity contribution in [3.05, 3.63) is 36.5 Å². The van der Waals surface area contributed by atoms with Crippen LogP contribution in [0.15, 0.2) is 36.5 Å². The Morgan fingerprint density at radius 1 is 0.551 bits per heavy atom. The lowest BCUT2D eigenvalue weighted by Crippen LogP contribution is -2.29. The van der Waals surface area contributed by atoms with E-state index >= 15 is 0 Å². The van der Waals surface area contributed by atoms with Gasteiger partial charge in [-0.1, -0.05) is 102 Å². The third-order valence-electron chi connectivity index (χ3n) is 8.80. The highest BCUT2D eigenvalue weighted by Crippen LogP contribution is 2.14. The summed E-state index contributed by atoms with van der Waals surface area (Å²) in [5, 5.41) is 9.55. The Labute approximate surface area is 304 Å². The summed E-state index contributed by atoms with van der Waals surface area (Å²) in [5.41, 5.74) is 0. The minimum Gasteiger partial charge on any atom is -0.466 e. The number of esters is 1. The zero-order chi connectivity index (χ0) is 35.7. The SMILES string of the molecule is CC/C=C\CCCCOC(CCCCCCCN(CCO)CCCCCCC(=O)OCCC/C=C\CCCCC)OCCCC/C=C\CC. The third kappa shape index (κ3) is 37.6. The molecule has 0 aliphatic heterocycles. The fourth-order valence-corrected chi connectivity index (χ4v) is 5.76. The van der Waals surface area contributed by atoms with Crippen molar-refractivity contribution in [2.75, 3.05) is 46.1 Å². The molecule has 0 aliphatic rings. The maximum absolute atomic E-state index is 12.0. The Hall–Kier alpha value is -1.47. The average molecular weight is 692 g/mol. The maximum atomic E-state index is 12.0. The number of nitrogens with zero attached hydrogens (tertiary/aromatic N) is 1. The lowest BCUT2D eigenvalue weighted by atomic mass is 10.1. The minimum absolute atomic E-state index is 0.0542. The molecule has 1 N–H and O–H groups in total. The number of carbonyl (C=O) groups excluding carboxylic acids is 1. The molecule has 0 aliphatic carbocycles. The zero-order valence-corrected chi connectivity index (χ0v) is 32.7. The first kappa shape index (κ1) is 47.5. The number of aliphatic hydroxyl groups is 1. The van der Waals surface area contributed by atoms with Crippen molar-refractivity contribution >= 4 is 5.97 Å². The molecule has 0 amide bonds. The number of ether oxygens (including phenoxy) is 3. The average Bonchev–Trinajstić information content (AvgIpc) is 3.10. The van der Waals surface area contributed by atoms with Crippen LogP contribution in [0.2, 0.25) is 0 Å². The molecule has 0 aromatic carbocycles. The Kier molecular flexibility index (Phi) is 39.7. The second-order valence-corrected chi connectivity index (χ2v) is 13.5. The van der Waals surface area contributed by atoms with Gasteiger partial charge in [0.1, 0.15) is 0 Å². The van der Waals surface area contributed by atoms with Gasteiger partial charge in [0, 0.05) is 26.2 Å². The van der Waals surface area contributed by atoms with E-state index in [-0.39, 0.29) is 18.9 Å². The summed E-state index contributed by atoms with van der Waals surface area (Å²) in [5.74, 6) is -0.0542. The summed E-state index contributed by atoms with van der Waals surface area (Å²) in [6.07, 6.45) is 41.1. The Morgan fingerprint density at radius 3 is 1.63 bits per heavy atom. The molecule has 0 aromatic rings. The van der Waals surface area contributed by atoms with Crippen molar-refractivity contribution in [1.29, 1.82) is 0 Å². The molecule has 0 radical (unpaired) electrons. The second kappa shape index (κ2) is 41.0. The van der Waals surface area contributed by atoms with Crippen LogP contribution < -0.4 is 0 Å². The molecule has 0 unspecified atom stereocenters. The quantitative estimate of drug-likeness (QED) is 0.0299. The molecule has 0 saturated heterocycles. The first-order chi connectivity index (χ1) is 24.2. The van der Waals surface area contributed by atoms with Gasteiger partial charge >= 0.3 is 5.97 Å². The highest BCUT2D eigenvalue weighted by molar-refractivity contribution is 5.69. The number of allylic oxidation sites excluding steroid dienone is 6. The second-order valence-electron chi connectivity index (χ2n) is 13.5. The summed E-state index contributed by atoms with van der Waals surface area (Å²) in [6, 6.07) is 0. The van der Waals surface area contributed by atoms with Crippen molar-refractivity contribution < 1.29 is 24.1 Å². The number of unbranched alkanes of at least 4 members (excludes halogenated alkanes) is 15. The largest absolute Gasteiger partial charge is 0.466 e. The van der Waals surface area contributed by atoms with Gasteiger partial charge in [-0.2, -0.15) is 0 Å². The van der Waals surface area contributed by atoms with Gasteiger partial charge in [0.25, 0.3) is 0 Å². The molecule has 6 nitrogen and oxygen atoms in total. The smallest absolute Gasteiger partial charge is 0.305 e. The summed E-state index contributed by atoms with van der Waals surface area (Å²) < 4.78 is 17.8. The van der Waals surface area contributed by atoms with Crippen molar-refractivity contribution in [2.24, 2.45) is 0 Å². The number of aliphatic hydroxyl groups excluding tert-OH is 1. The fraction of sp³-hybridized carbons (Fsp3) is 0.837. The number of carbonyl (C=O) groups is 1. The van der Waals surface area contributed by atoms with E-state index in [0.29, 0.717) is 13.0 Å². The molecule has 288 valence electrons. The van der Waals surface area contributed by atoms with Crippen molar-refractivity contribution in [3.63, 3.8) is 0 Å². The van der Waals surface area contributed by atoms with Gasteiger partial charge in [0.15, 0.2) is 6.29 Å². The van der Waals surface area contributed by atoms with E-state index < -0.39 is 0 Å². The lowest BCUT2D eigenvalue weighted by molar-refractivity contribution is -0.148. The van der Waals surface area contributed by atoms with E-state index in [1.807, 2.05) is 0 Å². The van der Waals surface area contributed by atoms with Crippen molar-refractivity contribution in [3.8, 4) is 0 Å². The minimum atomic E-state index is -0.0690. The topological polar surface area (TPSA) is 68.2 Å². The summed E-state index contributed by atoms with van der Waals surface area (Å²) in [4.78, 5) is 14.4. The number of rotatable bonds is 39. The van der Waals surface area contributed by atoms with E-state index in [1.165, 1.54) is 57.8 Å². The van der Waals surface area contributed by atoms with Crippen LogP contribution in [-0.2, 0) is 19.0 Å². The van der Waals surface area contributed by atoms with Gasteiger partial charge in [0.2, 0.25) is 0 Å². The third-order valence-corrected chi connectivity index (χ3v) is 8.80. The molecule has 0 rings (SSSR count). The molecule has 6 heteroatoms. The molecule has 0 saturated carbocycles. The molecule has 49 heavy (non-hydrogen) atoms. The first-order valence-corrected chi connectivity index (χ1v) is 20.8. The Balaban J connectivity index is 4.00. The van der Waals surface area contributed by atoms with Crippen molar-refractivity contribution in [2.45, 2.75) is 188 Å². The molecule has 0 heterocycles. The summed E-state index contributed by atoms with van der Waals surface area (Å²) >= 11 is 0. The van der Waals surface area contributed by atoms with Crippen LogP contribution in [0.25, 0.3) is 0 Å². The lowest BCUT2D eigenvalue weighted by Gasteiger charge is -2.21. The Bertz CT molecular complexity index is 729. The van der Waals surface area contributed by atoms with Crippen LogP contribution in [0.5, 0.6) is 0 Å². The molecular weight excluding hydrogens is 610 g/mol. The van der Waals surface area contributed by atoms with E-state index in [0.717, 1.165) is 129 Å². The normalized spacial score (nSPS) is 12.2. The van der Waals surface area contributed by atoms with Crippen molar-refractivity contribution in [1.82, 2.24) is 4.90 Å². The molecule has 0 fully saturated rings. The van der Waals surface area contributed by atoms with Crippen LogP contribution in [0.3, 0.4) is 0 Å². The predicted octanol–water partition coefficient (Wildman–Crippen LogP) is 11.7. The fourth-order valence-electron chi connectivity index (χ4n) is 5.76. The van der Waals surface area contributed by atoms with E-state index in [2.05, 4.69) is 62.1 Å².